The van der Waals surface area contributed by atoms with Crippen LogP contribution in [0.2, 0.25) is 0 Å². The van der Waals surface area contributed by atoms with E-state index >= 15 is 0 Å². The van der Waals surface area contributed by atoms with Gasteiger partial charge in [0.15, 0.2) is 0 Å². The third kappa shape index (κ3) is 12.9. The molecule has 0 nitrogen and oxygen atoms in total. The molecule has 0 heteroatoms. The smallest absolute Gasteiger partial charge is 0.000705 e. The molecule has 20 aromatic carbocycles. The minimum atomic E-state index is 1.05. The van der Waals surface area contributed by atoms with E-state index in [1.807, 2.05) is 0 Å². The summed E-state index contributed by atoms with van der Waals surface area (Å²) in [5.74, 6) is 0. The van der Waals surface area contributed by atoms with Crippen molar-refractivity contribution < 1.29 is 0 Å². The normalized spacial score (nSPS) is 13.7. The maximum atomic E-state index is 2.39. The zero-order valence-corrected chi connectivity index (χ0v) is 71.0. The van der Waals surface area contributed by atoms with Crippen molar-refractivity contribution in [2.24, 2.45) is 0 Å². The van der Waals surface area contributed by atoms with Gasteiger partial charge in [-0.1, -0.05) is 388 Å². The Hall–Kier alpha value is -15.1. The molecule has 598 valence electrons. The molecule has 0 unspecified atom stereocenters. The molecule has 11 aliphatic carbocycles. The summed E-state index contributed by atoms with van der Waals surface area (Å²) in [4.78, 5) is 0. The molecular formula is C127H90. The van der Waals surface area contributed by atoms with Gasteiger partial charge in [0.25, 0.3) is 0 Å². The SMILES string of the molecule is C1=Cc2c(ccc3c2Cc2ccccc2-3)C1.C1=Cc2cc3c(cc2C1)-c1ccccc1C3.C1=Cc2cc3c(cc2C1)Cc1ccccc1-3.C1=Cc2ccc3c(c2C1)Cc1ccccc1-3.c1ccc2c(c1)Cc1c-2c2ccccc2c2ccccc12.c1ccc2c(c1)Cc1ccc3c(ccc4ccccc43)c1-2.c1ccc2c(c1)Cc1ccc3cc4ccccc4cc3c1-2. The molecule has 0 saturated heterocycles. The highest BCUT2D eigenvalue weighted by atomic mass is 14.3. The highest BCUT2D eigenvalue weighted by Gasteiger charge is 2.30. The van der Waals surface area contributed by atoms with E-state index in [2.05, 4.69) is 413 Å². The van der Waals surface area contributed by atoms with Gasteiger partial charge in [-0.3, -0.25) is 0 Å². The molecule has 0 fully saturated rings. The van der Waals surface area contributed by atoms with Crippen molar-refractivity contribution in [1.82, 2.24) is 0 Å². The van der Waals surface area contributed by atoms with Crippen LogP contribution in [0.4, 0.5) is 0 Å². The third-order valence-electron chi connectivity index (χ3n) is 28.9. The van der Waals surface area contributed by atoms with Crippen LogP contribution in [0.15, 0.2) is 388 Å². The molecule has 0 aliphatic heterocycles. The summed E-state index contributed by atoms with van der Waals surface area (Å²) in [5, 5.41) is 16.3. The van der Waals surface area contributed by atoms with Crippen LogP contribution in [0.25, 0.3) is 167 Å². The van der Waals surface area contributed by atoms with Crippen molar-refractivity contribution in [2.75, 3.05) is 0 Å². The molecule has 0 atom stereocenters. The third-order valence-corrected chi connectivity index (χ3v) is 28.9. The van der Waals surface area contributed by atoms with E-state index in [0.717, 1.165) is 70.6 Å². The van der Waals surface area contributed by atoms with Crippen molar-refractivity contribution in [3.8, 4) is 77.9 Å². The molecule has 11 aliphatic rings. The minimum Gasteiger partial charge on any atom is -0.0795 e. The maximum Gasteiger partial charge on any atom is -0.000705 e. The Morgan fingerprint density at radius 2 is 0.528 bits per heavy atom. The summed E-state index contributed by atoms with van der Waals surface area (Å²) in [6.07, 6.45) is 30.2. The van der Waals surface area contributed by atoms with Crippen molar-refractivity contribution in [1.29, 1.82) is 0 Å². The first kappa shape index (κ1) is 74.5. The van der Waals surface area contributed by atoms with Gasteiger partial charge in [0.1, 0.15) is 0 Å². The number of hydrogen-bond acceptors (Lipinski definition) is 0. The van der Waals surface area contributed by atoms with Crippen LogP contribution >= 0.6 is 0 Å². The Balaban J connectivity index is 0.0000000809. The molecule has 31 rings (SSSR count). The van der Waals surface area contributed by atoms with Gasteiger partial charge >= 0.3 is 0 Å². The molecule has 0 aromatic heterocycles. The highest BCUT2D eigenvalue weighted by molar-refractivity contribution is 6.18. The summed E-state index contributed by atoms with van der Waals surface area (Å²) in [7, 11) is 0. The quantitative estimate of drug-likeness (QED) is 0.105. The lowest BCUT2D eigenvalue weighted by Crippen LogP contribution is -1.91. The first-order chi connectivity index (χ1) is 62.9. The Morgan fingerprint density at radius 1 is 0.142 bits per heavy atom. The summed E-state index contributed by atoms with van der Waals surface area (Å²) >= 11 is 0. The molecule has 0 N–H and O–H groups in total. The summed E-state index contributed by atoms with van der Waals surface area (Å²) in [6.45, 7) is 0. The lowest BCUT2D eigenvalue weighted by atomic mass is 9.92. The number of fused-ring (bicyclic) bond motifs is 39. The zero-order valence-electron chi connectivity index (χ0n) is 71.0. The first-order valence-electron chi connectivity index (χ1n) is 45.6. The number of rotatable bonds is 0. The molecule has 0 radical (unpaired) electrons. The lowest BCUT2D eigenvalue weighted by molar-refractivity contribution is 1.17. The second kappa shape index (κ2) is 31.0. The van der Waals surface area contributed by atoms with Gasteiger partial charge in [-0.05, 0) is 360 Å². The summed E-state index contributed by atoms with van der Waals surface area (Å²) in [5.41, 5.74) is 52.6. The van der Waals surface area contributed by atoms with Crippen LogP contribution in [-0.4, -0.2) is 0 Å². The van der Waals surface area contributed by atoms with Crippen molar-refractivity contribution >= 4 is 88.9 Å². The second-order valence-corrected chi connectivity index (χ2v) is 36.0. The molecule has 20 aromatic rings. The van der Waals surface area contributed by atoms with E-state index in [9.17, 15) is 0 Å². The van der Waals surface area contributed by atoms with E-state index in [1.165, 1.54) is 254 Å². The van der Waals surface area contributed by atoms with Crippen LogP contribution in [0.3, 0.4) is 0 Å². The Labute approximate surface area is 742 Å². The van der Waals surface area contributed by atoms with Crippen molar-refractivity contribution in [3.63, 3.8) is 0 Å². The van der Waals surface area contributed by atoms with Crippen molar-refractivity contribution in [2.45, 2.75) is 70.6 Å². The van der Waals surface area contributed by atoms with Crippen LogP contribution in [0, 0.1) is 0 Å². The fourth-order valence-electron chi connectivity index (χ4n) is 22.9. The molecule has 0 spiro atoms. The van der Waals surface area contributed by atoms with Crippen molar-refractivity contribution in [3.05, 3.63) is 511 Å². The first-order valence-corrected chi connectivity index (χ1v) is 45.6. The number of allylic oxidation sites excluding steroid dienone is 4. The van der Waals surface area contributed by atoms with Crippen LogP contribution in [0.1, 0.15) is 122 Å². The van der Waals surface area contributed by atoms with Gasteiger partial charge in [0, 0.05) is 0 Å². The van der Waals surface area contributed by atoms with Gasteiger partial charge in [-0.2, -0.15) is 0 Å². The Morgan fingerprint density at radius 3 is 1.19 bits per heavy atom. The zero-order chi connectivity index (χ0) is 83.6. The standard InChI is InChI=1S/3C21H14.4C16H12/c1-3-7-17-14(5-1)9-12-20-19(17)11-10-16-13-15-6-2-4-8-18(15)21(16)20;1-2-8-15-14(7-1)13-20-18-11-4-3-9-16(18)17-10-5-6-12-19(17)21(15)20;1-2-6-15-13-20-17(11-14(15)5-1)9-10-18-12-16-7-3-4-8-19(16)21(18)20;2*1-2-7-15-13(4-1)9-14-8-11-5-3-6-12(11)10-16(14)15;2*1-2-6-14-12(4-1)10-16-13-7-3-5-11(13)8-9-15(14)16/h2*1-12H,13H2;1-11,13H,12H2;1-4,6-8,10H,5,9H2;1-5,7-8,10H,6,9H2;1-4,6-9H,5,10H2;1-6,8-9H,7,10H2. The van der Waals surface area contributed by atoms with Gasteiger partial charge in [0.2, 0.25) is 0 Å². The monoisotopic (exact) mass is 1610 g/mol. The van der Waals surface area contributed by atoms with E-state index in [0.29, 0.717) is 0 Å². The largest absolute Gasteiger partial charge is 0.0795 e. The highest BCUT2D eigenvalue weighted by Crippen LogP contribution is 2.50. The fourth-order valence-corrected chi connectivity index (χ4v) is 22.9. The number of benzene rings is 20. The topological polar surface area (TPSA) is 0 Å². The average Bonchev–Trinajstić information content (AvgIpc) is 1.57. The van der Waals surface area contributed by atoms with E-state index in [1.54, 1.807) is 11.1 Å². The van der Waals surface area contributed by atoms with E-state index < -0.39 is 0 Å². The van der Waals surface area contributed by atoms with Crippen LogP contribution < -0.4 is 0 Å². The van der Waals surface area contributed by atoms with E-state index in [-0.39, 0.29) is 0 Å². The van der Waals surface area contributed by atoms with Gasteiger partial charge in [-0.25, -0.2) is 0 Å². The predicted molar refractivity (Wildman–Crippen MR) is 539 cm³/mol. The summed E-state index contributed by atoms with van der Waals surface area (Å²) < 4.78 is 0. The van der Waals surface area contributed by atoms with Gasteiger partial charge in [0.05, 0.1) is 0 Å². The van der Waals surface area contributed by atoms with E-state index in [4.69, 9.17) is 0 Å². The lowest BCUT2D eigenvalue weighted by Gasteiger charge is -2.12. The maximum absolute atomic E-state index is 2.39. The molecule has 0 amide bonds. The molecule has 127 heavy (non-hydrogen) atoms. The van der Waals surface area contributed by atoms with Gasteiger partial charge < -0.3 is 0 Å². The second-order valence-electron chi connectivity index (χ2n) is 36.0. The van der Waals surface area contributed by atoms with Crippen LogP contribution in [-0.2, 0) is 70.6 Å². The molecular weight excluding hydrogens is 1530 g/mol. The molecule has 0 saturated carbocycles. The van der Waals surface area contributed by atoms with Gasteiger partial charge in [-0.15, -0.1) is 0 Å². The Bertz CT molecular complexity index is 8070. The van der Waals surface area contributed by atoms with Crippen LogP contribution in [0.5, 0.6) is 0 Å². The number of hydrogen-bond donors (Lipinski definition) is 0. The minimum absolute atomic E-state index is 1.05. The average molecular weight is 1620 g/mol. The predicted octanol–water partition coefficient (Wildman–Crippen LogP) is 32.0. The Kier molecular flexibility index (Phi) is 18.2. The molecule has 0 bridgehead atoms. The molecule has 0 heterocycles. The summed E-state index contributed by atoms with van der Waals surface area (Å²) in [6, 6.07) is 133. The fraction of sp³-hybridized carbons (Fsp3) is 0.0866.